The normalized spacial score (nSPS) is 16.3. The smallest absolute Gasteiger partial charge is 0.246 e. The zero-order valence-corrected chi connectivity index (χ0v) is 16.3. The Bertz CT molecular complexity index is 881. The van der Waals surface area contributed by atoms with Crippen LogP contribution in [0.15, 0.2) is 48.5 Å². The fourth-order valence-electron chi connectivity index (χ4n) is 2.86. The highest BCUT2D eigenvalue weighted by Gasteiger charge is 2.28. The number of hydrogen-bond acceptors (Lipinski definition) is 4. The SMILES string of the molecule is Cc1ccc(/C=C/C(=O)N2CCN(S(=O)(=O)Cc3ccccc3)CC2)s1. The minimum Gasteiger partial charge on any atom is -0.337 e. The summed E-state index contributed by atoms with van der Waals surface area (Å²) in [5.41, 5.74) is 0.778. The maximum Gasteiger partial charge on any atom is 0.246 e. The van der Waals surface area contributed by atoms with E-state index in [4.69, 9.17) is 0 Å². The standard InChI is InChI=1S/C19H22N2O3S2/c1-16-7-8-18(25-16)9-10-19(22)20-11-13-21(14-12-20)26(23,24)15-17-5-3-2-4-6-17/h2-10H,11-15H2,1H3/b10-9+. The van der Waals surface area contributed by atoms with Crippen molar-refractivity contribution < 1.29 is 13.2 Å². The van der Waals surface area contributed by atoms with Crippen LogP contribution in [0.5, 0.6) is 0 Å². The molecule has 0 atom stereocenters. The molecular weight excluding hydrogens is 368 g/mol. The van der Waals surface area contributed by atoms with Crippen molar-refractivity contribution in [2.75, 3.05) is 26.2 Å². The molecular formula is C19H22N2O3S2. The molecule has 1 aromatic carbocycles. The number of amides is 1. The van der Waals surface area contributed by atoms with Crippen LogP contribution in [0.3, 0.4) is 0 Å². The highest BCUT2D eigenvalue weighted by Crippen LogP contribution is 2.17. The molecule has 1 aromatic heterocycles. The molecule has 7 heteroatoms. The molecule has 0 bridgehead atoms. The minimum atomic E-state index is -3.36. The van der Waals surface area contributed by atoms with Gasteiger partial charge in [-0.15, -0.1) is 11.3 Å². The third-order valence-electron chi connectivity index (χ3n) is 4.29. The van der Waals surface area contributed by atoms with Gasteiger partial charge >= 0.3 is 0 Å². The molecule has 2 aromatic rings. The molecule has 1 saturated heterocycles. The van der Waals surface area contributed by atoms with Gasteiger partial charge in [0.15, 0.2) is 0 Å². The molecule has 0 radical (unpaired) electrons. The Balaban J connectivity index is 1.55. The van der Waals surface area contributed by atoms with Gasteiger partial charge in [-0.25, -0.2) is 8.42 Å². The van der Waals surface area contributed by atoms with E-state index in [0.29, 0.717) is 26.2 Å². The van der Waals surface area contributed by atoms with E-state index >= 15 is 0 Å². The largest absolute Gasteiger partial charge is 0.337 e. The second-order valence-electron chi connectivity index (χ2n) is 6.25. The molecule has 5 nitrogen and oxygen atoms in total. The summed E-state index contributed by atoms with van der Waals surface area (Å²) < 4.78 is 26.6. The molecule has 26 heavy (non-hydrogen) atoms. The number of benzene rings is 1. The average Bonchev–Trinajstić information content (AvgIpc) is 3.05. The van der Waals surface area contributed by atoms with Crippen molar-refractivity contribution in [3.05, 3.63) is 63.9 Å². The van der Waals surface area contributed by atoms with Crippen molar-refractivity contribution in [3.63, 3.8) is 0 Å². The third kappa shape index (κ3) is 4.81. The maximum absolute atomic E-state index is 12.6. The number of sulfonamides is 1. The number of carbonyl (C=O) groups excluding carboxylic acids is 1. The molecule has 1 fully saturated rings. The predicted molar refractivity (Wildman–Crippen MR) is 105 cm³/mol. The molecule has 1 amide bonds. The van der Waals surface area contributed by atoms with E-state index in [-0.39, 0.29) is 11.7 Å². The number of carbonyl (C=O) groups is 1. The van der Waals surface area contributed by atoms with Gasteiger partial charge in [-0.3, -0.25) is 4.79 Å². The zero-order chi connectivity index (χ0) is 18.6. The molecule has 0 saturated carbocycles. The number of piperazine rings is 1. The van der Waals surface area contributed by atoms with Crippen LogP contribution in [0.4, 0.5) is 0 Å². The van der Waals surface area contributed by atoms with E-state index < -0.39 is 10.0 Å². The Morgan fingerprint density at radius 1 is 1.08 bits per heavy atom. The number of aryl methyl sites for hydroxylation is 1. The van der Waals surface area contributed by atoms with Crippen LogP contribution in [0, 0.1) is 6.92 Å². The summed E-state index contributed by atoms with van der Waals surface area (Å²) in [4.78, 5) is 16.2. The fraction of sp³-hybridized carbons (Fsp3) is 0.316. The summed E-state index contributed by atoms with van der Waals surface area (Å²) in [6, 6.07) is 13.2. The Morgan fingerprint density at radius 3 is 2.38 bits per heavy atom. The second kappa shape index (κ2) is 8.16. The fourth-order valence-corrected chi connectivity index (χ4v) is 5.16. The van der Waals surface area contributed by atoms with E-state index in [1.807, 2.05) is 55.5 Å². The van der Waals surface area contributed by atoms with Crippen molar-refractivity contribution in [3.8, 4) is 0 Å². The van der Waals surface area contributed by atoms with Crippen LogP contribution in [-0.2, 0) is 20.6 Å². The molecule has 1 aliphatic rings. The van der Waals surface area contributed by atoms with Gasteiger partial charge < -0.3 is 4.90 Å². The van der Waals surface area contributed by atoms with Gasteiger partial charge in [0.1, 0.15) is 0 Å². The lowest BCUT2D eigenvalue weighted by Gasteiger charge is -2.33. The van der Waals surface area contributed by atoms with Crippen LogP contribution in [0.2, 0.25) is 0 Å². The van der Waals surface area contributed by atoms with Crippen molar-refractivity contribution >= 4 is 33.3 Å². The third-order valence-corrected chi connectivity index (χ3v) is 7.10. The van der Waals surface area contributed by atoms with Crippen LogP contribution < -0.4 is 0 Å². The number of thiophene rings is 1. The van der Waals surface area contributed by atoms with E-state index in [9.17, 15) is 13.2 Å². The molecule has 0 N–H and O–H groups in total. The van der Waals surface area contributed by atoms with Gasteiger partial charge in [-0.2, -0.15) is 4.31 Å². The quantitative estimate of drug-likeness (QED) is 0.738. The van der Waals surface area contributed by atoms with E-state index in [2.05, 4.69) is 0 Å². The number of nitrogens with zero attached hydrogens (tertiary/aromatic N) is 2. The lowest BCUT2D eigenvalue weighted by molar-refractivity contribution is -0.127. The number of hydrogen-bond donors (Lipinski definition) is 0. The summed E-state index contributed by atoms with van der Waals surface area (Å²) in [6.45, 7) is 3.54. The van der Waals surface area contributed by atoms with Crippen LogP contribution in [0.25, 0.3) is 6.08 Å². The maximum atomic E-state index is 12.6. The van der Waals surface area contributed by atoms with Gasteiger partial charge in [0.2, 0.25) is 15.9 Å². The summed E-state index contributed by atoms with van der Waals surface area (Å²) >= 11 is 1.64. The Morgan fingerprint density at radius 2 is 1.77 bits per heavy atom. The molecule has 138 valence electrons. The van der Waals surface area contributed by atoms with Gasteiger partial charge in [-0.1, -0.05) is 30.3 Å². The zero-order valence-electron chi connectivity index (χ0n) is 14.7. The topological polar surface area (TPSA) is 57.7 Å². The van der Waals surface area contributed by atoms with Gasteiger partial charge in [0.05, 0.1) is 5.75 Å². The molecule has 3 rings (SSSR count). The Kier molecular flexibility index (Phi) is 5.90. The van der Waals surface area contributed by atoms with Crippen LogP contribution in [-0.4, -0.2) is 49.7 Å². The van der Waals surface area contributed by atoms with Crippen molar-refractivity contribution in [1.29, 1.82) is 0 Å². The van der Waals surface area contributed by atoms with Gasteiger partial charge in [-0.05, 0) is 30.7 Å². The summed E-state index contributed by atoms with van der Waals surface area (Å²) in [5, 5.41) is 0. The second-order valence-corrected chi connectivity index (χ2v) is 9.54. The van der Waals surface area contributed by atoms with E-state index in [1.165, 1.54) is 9.18 Å². The first kappa shape index (κ1) is 18.8. The minimum absolute atomic E-state index is 0.000577. The number of rotatable bonds is 5. The highest BCUT2D eigenvalue weighted by atomic mass is 32.2. The predicted octanol–water partition coefficient (Wildman–Crippen LogP) is 2.74. The Labute approximate surface area is 158 Å². The van der Waals surface area contributed by atoms with Gasteiger partial charge in [0.25, 0.3) is 0 Å². The van der Waals surface area contributed by atoms with Gasteiger partial charge in [0, 0.05) is 42.0 Å². The Hall–Kier alpha value is -1.96. The monoisotopic (exact) mass is 390 g/mol. The van der Waals surface area contributed by atoms with E-state index in [0.717, 1.165) is 10.4 Å². The van der Waals surface area contributed by atoms with Crippen LogP contribution in [0.1, 0.15) is 15.3 Å². The lowest BCUT2D eigenvalue weighted by atomic mass is 10.2. The lowest BCUT2D eigenvalue weighted by Crippen LogP contribution is -2.50. The summed E-state index contributed by atoms with van der Waals surface area (Å²) in [5.74, 6) is -0.0736. The molecule has 0 aliphatic carbocycles. The molecule has 2 heterocycles. The first-order valence-electron chi connectivity index (χ1n) is 8.49. The highest BCUT2D eigenvalue weighted by molar-refractivity contribution is 7.88. The summed E-state index contributed by atoms with van der Waals surface area (Å²) in [7, 11) is -3.36. The first-order valence-corrected chi connectivity index (χ1v) is 10.9. The van der Waals surface area contributed by atoms with Crippen LogP contribution >= 0.6 is 11.3 Å². The molecule has 0 unspecified atom stereocenters. The average molecular weight is 391 g/mol. The molecule has 1 aliphatic heterocycles. The van der Waals surface area contributed by atoms with Crippen molar-refractivity contribution in [2.24, 2.45) is 0 Å². The van der Waals surface area contributed by atoms with Crippen molar-refractivity contribution in [2.45, 2.75) is 12.7 Å². The molecule has 0 spiro atoms. The van der Waals surface area contributed by atoms with E-state index in [1.54, 1.807) is 22.3 Å². The van der Waals surface area contributed by atoms with Crippen molar-refractivity contribution in [1.82, 2.24) is 9.21 Å². The summed E-state index contributed by atoms with van der Waals surface area (Å²) in [6.07, 6.45) is 3.39. The first-order chi connectivity index (χ1) is 12.4.